The lowest BCUT2D eigenvalue weighted by Gasteiger charge is -2.24. The third kappa shape index (κ3) is 5.29. The molecule has 1 aliphatic carbocycles. The standard InChI is InChI=1S/C17H30N4S/c1-4-15-9-10-16(22-15)13-20-17(18-2)19-11-12-21(3)14-7-5-6-8-14/h9-10,14H,4-8,11-13H2,1-3H3,(H2,18,19,20). The van der Waals surface area contributed by atoms with Crippen LogP contribution < -0.4 is 10.6 Å². The van der Waals surface area contributed by atoms with Crippen molar-refractivity contribution in [2.75, 3.05) is 27.2 Å². The van der Waals surface area contributed by atoms with E-state index in [0.717, 1.165) is 38.1 Å². The maximum Gasteiger partial charge on any atom is 0.191 e. The number of hydrogen-bond acceptors (Lipinski definition) is 3. The van der Waals surface area contributed by atoms with Crippen molar-refractivity contribution in [3.8, 4) is 0 Å². The van der Waals surface area contributed by atoms with Gasteiger partial charge in [0, 0.05) is 35.9 Å². The molecule has 1 aliphatic rings. The van der Waals surface area contributed by atoms with Crippen LogP contribution in [-0.2, 0) is 13.0 Å². The van der Waals surface area contributed by atoms with Crippen molar-refractivity contribution in [2.24, 2.45) is 4.99 Å². The van der Waals surface area contributed by atoms with E-state index in [9.17, 15) is 0 Å². The molecule has 22 heavy (non-hydrogen) atoms. The van der Waals surface area contributed by atoms with Crippen molar-refractivity contribution < 1.29 is 0 Å². The fourth-order valence-corrected chi connectivity index (χ4v) is 3.87. The molecular formula is C17H30N4S. The van der Waals surface area contributed by atoms with Crippen LogP contribution in [0.15, 0.2) is 17.1 Å². The average Bonchev–Trinajstić information content (AvgIpc) is 3.21. The zero-order valence-corrected chi connectivity index (χ0v) is 15.0. The van der Waals surface area contributed by atoms with Gasteiger partial charge in [-0.15, -0.1) is 11.3 Å². The molecule has 0 radical (unpaired) electrons. The van der Waals surface area contributed by atoms with Gasteiger partial charge in [-0.25, -0.2) is 0 Å². The highest BCUT2D eigenvalue weighted by molar-refractivity contribution is 7.11. The number of aliphatic imine (C=N–C) groups is 1. The molecule has 0 bridgehead atoms. The lowest BCUT2D eigenvalue weighted by molar-refractivity contribution is 0.249. The molecule has 0 amide bonds. The second-order valence-corrected chi connectivity index (χ2v) is 7.25. The topological polar surface area (TPSA) is 39.7 Å². The highest BCUT2D eigenvalue weighted by Crippen LogP contribution is 2.21. The van der Waals surface area contributed by atoms with Gasteiger partial charge < -0.3 is 15.5 Å². The van der Waals surface area contributed by atoms with Gasteiger partial charge in [0.1, 0.15) is 0 Å². The van der Waals surface area contributed by atoms with E-state index < -0.39 is 0 Å². The summed E-state index contributed by atoms with van der Waals surface area (Å²) >= 11 is 1.88. The van der Waals surface area contributed by atoms with Crippen molar-refractivity contribution in [3.63, 3.8) is 0 Å². The van der Waals surface area contributed by atoms with Gasteiger partial charge in [0.2, 0.25) is 0 Å². The van der Waals surface area contributed by atoms with Gasteiger partial charge >= 0.3 is 0 Å². The lowest BCUT2D eigenvalue weighted by atomic mass is 10.2. The van der Waals surface area contributed by atoms with E-state index in [1.54, 1.807) is 0 Å². The van der Waals surface area contributed by atoms with Crippen molar-refractivity contribution >= 4 is 17.3 Å². The van der Waals surface area contributed by atoms with Crippen LogP contribution in [0.25, 0.3) is 0 Å². The molecule has 0 atom stereocenters. The van der Waals surface area contributed by atoms with Gasteiger partial charge in [0.05, 0.1) is 6.54 Å². The second kappa shape index (κ2) is 9.16. The number of aryl methyl sites for hydroxylation is 1. The van der Waals surface area contributed by atoms with Gasteiger partial charge in [-0.05, 0) is 38.4 Å². The number of nitrogens with one attached hydrogen (secondary N) is 2. The van der Waals surface area contributed by atoms with E-state index in [0.29, 0.717) is 0 Å². The van der Waals surface area contributed by atoms with Crippen LogP contribution >= 0.6 is 11.3 Å². The van der Waals surface area contributed by atoms with Crippen molar-refractivity contribution in [3.05, 3.63) is 21.9 Å². The Kier molecular flexibility index (Phi) is 7.19. The quantitative estimate of drug-likeness (QED) is 0.599. The predicted molar refractivity (Wildman–Crippen MR) is 96.8 cm³/mol. The SMILES string of the molecule is CCc1ccc(CNC(=NC)NCCN(C)C2CCCC2)s1. The normalized spacial score (nSPS) is 16.5. The Bertz CT molecular complexity index is 463. The van der Waals surface area contributed by atoms with E-state index in [1.807, 2.05) is 18.4 Å². The zero-order chi connectivity index (χ0) is 15.8. The fourth-order valence-electron chi connectivity index (χ4n) is 2.98. The van der Waals surface area contributed by atoms with Crippen LogP contribution in [0.5, 0.6) is 0 Å². The van der Waals surface area contributed by atoms with Gasteiger partial charge in [0.15, 0.2) is 5.96 Å². The van der Waals surface area contributed by atoms with Gasteiger partial charge in [0.25, 0.3) is 0 Å². The summed E-state index contributed by atoms with van der Waals surface area (Å²) in [5, 5.41) is 6.81. The van der Waals surface area contributed by atoms with Crippen molar-refractivity contribution in [1.29, 1.82) is 0 Å². The van der Waals surface area contributed by atoms with Crippen LogP contribution in [0, 0.1) is 0 Å². The molecule has 1 aromatic rings. The Labute approximate surface area is 139 Å². The van der Waals surface area contributed by atoms with Gasteiger partial charge in [-0.3, -0.25) is 4.99 Å². The molecular weight excluding hydrogens is 292 g/mol. The zero-order valence-electron chi connectivity index (χ0n) is 14.2. The molecule has 0 spiro atoms. The summed E-state index contributed by atoms with van der Waals surface area (Å²) < 4.78 is 0. The number of likely N-dealkylation sites (N-methyl/N-ethyl adjacent to an activating group) is 1. The third-order valence-electron chi connectivity index (χ3n) is 4.42. The first kappa shape index (κ1) is 17.3. The Morgan fingerprint density at radius 2 is 2.00 bits per heavy atom. The molecule has 1 fully saturated rings. The van der Waals surface area contributed by atoms with E-state index in [2.05, 4.69) is 46.6 Å². The molecule has 0 saturated heterocycles. The molecule has 4 nitrogen and oxygen atoms in total. The summed E-state index contributed by atoms with van der Waals surface area (Å²) in [6.45, 7) is 5.06. The summed E-state index contributed by atoms with van der Waals surface area (Å²) in [7, 11) is 4.08. The number of rotatable bonds is 7. The van der Waals surface area contributed by atoms with Crippen LogP contribution in [0.3, 0.4) is 0 Å². The van der Waals surface area contributed by atoms with Crippen LogP contribution in [0.1, 0.15) is 42.4 Å². The predicted octanol–water partition coefficient (Wildman–Crippen LogP) is 2.85. The van der Waals surface area contributed by atoms with E-state index in [4.69, 9.17) is 0 Å². The summed E-state index contributed by atoms with van der Waals surface area (Å²) in [6.07, 6.45) is 6.63. The molecule has 1 heterocycles. The molecule has 124 valence electrons. The highest BCUT2D eigenvalue weighted by Gasteiger charge is 2.18. The van der Waals surface area contributed by atoms with Crippen LogP contribution in [-0.4, -0.2) is 44.1 Å². The minimum absolute atomic E-state index is 0.787. The first-order valence-corrected chi connectivity index (χ1v) is 9.27. The number of nitrogens with zero attached hydrogens (tertiary/aromatic N) is 2. The number of thiophene rings is 1. The Balaban J connectivity index is 1.66. The van der Waals surface area contributed by atoms with E-state index in [1.165, 1.54) is 35.4 Å². The Hall–Kier alpha value is -1.07. The smallest absolute Gasteiger partial charge is 0.191 e. The van der Waals surface area contributed by atoms with E-state index in [-0.39, 0.29) is 0 Å². The summed E-state index contributed by atoms with van der Waals surface area (Å²) in [5.74, 6) is 0.895. The Morgan fingerprint density at radius 3 is 2.64 bits per heavy atom. The molecule has 0 aromatic carbocycles. The first-order valence-electron chi connectivity index (χ1n) is 8.45. The van der Waals surface area contributed by atoms with E-state index >= 15 is 0 Å². The molecule has 0 aliphatic heterocycles. The Morgan fingerprint density at radius 1 is 1.27 bits per heavy atom. The minimum Gasteiger partial charge on any atom is -0.355 e. The summed E-state index contributed by atoms with van der Waals surface area (Å²) in [5.41, 5.74) is 0. The summed E-state index contributed by atoms with van der Waals surface area (Å²) in [6, 6.07) is 5.21. The molecule has 2 N–H and O–H groups in total. The third-order valence-corrected chi connectivity index (χ3v) is 5.65. The van der Waals surface area contributed by atoms with Crippen molar-refractivity contribution in [1.82, 2.24) is 15.5 Å². The second-order valence-electron chi connectivity index (χ2n) is 5.99. The first-order chi connectivity index (χ1) is 10.7. The van der Waals surface area contributed by atoms with Crippen LogP contribution in [0.2, 0.25) is 0 Å². The maximum atomic E-state index is 4.30. The number of guanidine groups is 1. The highest BCUT2D eigenvalue weighted by atomic mass is 32.1. The monoisotopic (exact) mass is 322 g/mol. The molecule has 1 aromatic heterocycles. The fraction of sp³-hybridized carbons (Fsp3) is 0.706. The van der Waals surface area contributed by atoms with Crippen LogP contribution in [0.4, 0.5) is 0 Å². The maximum absolute atomic E-state index is 4.30. The lowest BCUT2D eigenvalue weighted by Crippen LogP contribution is -2.42. The molecule has 2 rings (SSSR count). The average molecular weight is 323 g/mol. The number of hydrogen-bond donors (Lipinski definition) is 2. The molecule has 0 unspecified atom stereocenters. The molecule has 1 saturated carbocycles. The largest absolute Gasteiger partial charge is 0.355 e. The van der Waals surface area contributed by atoms with Gasteiger partial charge in [-0.2, -0.15) is 0 Å². The van der Waals surface area contributed by atoms with Crippen molar-refractivity contribution in [2.45, 2.75) is 51.6 Å². The minimum atomic E-state index is 0.787. The van der Waals surface area contributed by atoms with Gasteiger partial charge in [-0.1, -0.05) is 19.8 Å². The molecule has 5 heteroatoms. The summed E-state index contributed by atoms with van der Waals surface area (Å²) in [4.78, 5) is 9.60.